The van der Waals surface area contributed by atoms with Gasteiger partial charge in [0.25, 0.3) is 0 Å². The van der Waals surface area contributed by atoms with Crippen LogP contribution in [0.5, 0.6) is 5.75 Å². The molecule has 9 heteroatoms. The van der Waals surface area contributed by atoms with Crippen molar-refractivity contribution in [2.75, 3.05) is 21.3 Å². The van der Waals surface area contributed by atoms with E-state index < -0.39 is 5.79 Å². The summed E-state index contributed by atoms with van der Waals surface area (Å²) in [6, 6.07) is 7.90. The zero-order valence-corrected chi connectivity index (χ0v) is 28.4. The molecule has 1 aliphatic heterocycles. The minimum Gasteiger partial charge on any atom is -0.497 e. The third kappa shape index (κ3) is 10.5. The number of aryl methyl sites for hydroxylation is 1. The number of nitrogens with zero attached hydrogens (tertiary/aromatic N) is 2. The van der Waals surface area contributed by atoms with Crippen LogP contribution in [-0.2, 0) is 32.0 Å². The highest BCUT2D eigenvalue weighted by molar-refractivity contribution is 5.44. The van der Waals surface area contributed by atoms with Gasteiger partial charge in [0.05, 0.1) is 25.9 Å². The number of aromatic nitrogens is 2. The Labute approximate surface area is 273 Å². The van der Waals surface area contributed by atoms with Crippen molar-refractivity contribution >= 4 is 0 Å². The molecule has 0 N–H and O–H groups in total. The van der Waals surface area contributed by atoms with Gasteiger partial charge in [0.1, 0.15) is 30.1 Å². The molecule has 0 aliphatic carbocycles. The van der Waals surface area contributed by atoms with Crippen molar-refractivity contribution in [1.82, 2.24) is 9.97 Å². The lowest BCUT2D eigenvalue weighted by molar-refractivity contribution is -0.284. The minimum atomic E-state index is -0.770. The second kappa shape index (κ2) is 17.4. The van der Waals surface area contributed by atoms with Crippen molar-refractivity contribution in [3.63, 3.8) is 0 Å². The predicted octanol–water partition coefficient (Wildman–Crippen LogP) is 8.58. The lowest BCUT2D eigenvalue weighted by atomic mass is 9.95. The van der Waals surface area contributed by atoms with E-state index in [1.807, 2.05) is 38.1 Å². The van der Waals surface area contributed by atoms with Gasteiger partial charge in [-0.15, -0.1) is 0 Å². The molecule has 46 heavy (non-hydrogen) atoms. The molecule has 3 aromatic rings. The Balaban J connectivity index is 1.31. The lowest BCUT2D eigenvalue weighted by Crippen LogP contribution is -2.46. The third-order valence-corrected chi connectivity index (χ3v) is 8.18. The van der Waals surface area contributed by atoms with Crippen molar-refractivity contribution in [2.24, 2.45) is 5.92 Å². The van der Waals surface area contributed by atoms with E-state index in [1.54, 1.807) is 33.9 Å². The largest absolute Gasteiger partial charge is 0.497 e. The molecule has 0 unspecified atom stereocenters. The molecule has 0 spiro atoms. The highest BCUT2D eigenvalue weighted by Crippen LogP contribution is 2.36. The van der Waals surface area contributed by atoms with Gasteiger partial charge < -0.3 is 32.5 Å². The molecule has 0 radical (unpaired) electrons. The Hall–Kier alpha value is -3.50. The first-order chi connectivity index (χ1) is 22.2. The summed E-state index contributed by atoms with van der Waals surface area (Å²) in [5.74, 6) is 1.54. The molecule has 1 saturated heterocycles. The van der Waals surface area contributed by atoms with Crippen molar-refractivity contribution < 1.29 is 32.5 Å². The SMILES string of the molecule is C/C=C/[C@H](C)/C=C(/C)C/C=C/CCc1nc(-c2nc([C@@H](C[C@H]3C[C@@H](OCc4ccc(OC)cc4)C[C@](C)(OC)O3)OC)co2)co1. The molecule has 1 aromatic carbocycles. The van der Waals surface area contributed by atoms with Gasteiger partial charge in [-0.05, 0) is 57.2 Å². The van der Waals surface area contributed by atoms with Crippen molar-refractivity contribution in [3.8, 4) is 17.3 Å². The Bertz CT molecular complexity index is 1420. The molecule has 4 rings (SSSR count). The van der Waals surface area contributed by atoms with E-state index in [9.17, 15) is 0 Å². The monoisotopic (exact) mass is 634 g/mol. The van der Waals surface area contributed by atoms with Gasteiger partial charge in [-0.25, -0.2) is 9.97 Å². The maximum atomic E-state index is 6.38. The molecule has 9 nitrogen and oxygen atoms in total. The Morgan fingerprint density at radius 3 is 2.61 bits per heavy atom. The molecule has 1 aliphatic rings. The summed E-state index contributed by atoms with van der Waals surface area (Å²) < 4.78 is 41.1. The van der Waals surface area contributed by atoms with E-state index in [2.05, 4.69) is 49.2 Å². The summed E-state index contributed by atoms with van der Waals surface area (Å²) in [4.78, 5) is 9.30. The lowest BCUT2D eigenvalue weighted by Gasteiger charge is -2.42. The Morgan fingerprint density at radius 2 is 1.89 bits per heavy atom. The van der Waals surface area contributed by atoms with Crippen molar-refractivity contribution in [3.05, 3.63) is 89.9 Å². The van der Waals surface area contributed by atoms with Gasteiger partial charge in [0.15, 0.2) is 17.4 Å². The fraction of sp³-hybridized carbons (Fsp3) is 0.514. The first-order valence-electron chi connectivity index (χ1n) is 16.1. The van der Waals surface area contributed by atoms with Gasteiger partial charge in [0, 0.05) is 39.9 Å². The summed E-state index contributed by atoms with van der Waals surface area (Å²) in [5.41, 5.74) is 3.66. The molecular formula is C37H50N2O7. The number of allylic oxidation sites excluding steroid dienone is 6. The van der Waals surface area contributed by atoms with Gasteiger partial charge in [0.2, 0.25) is 5.89 Å². The summed E-state index contributed by atoms with van der Waals surface area (Å²) >= 11 is 0. The van der Waals surface area contributed by atoms with Crippen LogP contribution in [0.3, 0.4) is 0 Å². The quantitative estimate of drug-likeness (QED) is 0.135. The summed E-state index contributed by atoms with van der Waals surface area (Å²) in [7, 11) is 4.98. The van der Waals surface area contributed by atoms with Crippen LogP contribution in [0.1, 0.15) is 83.1 Å². The fourth-order valence-electron chi connectivity index (χ4n) is 5.70. The van der Waals surface area contributed by atoms with E-state index >= 15 is 0 Å². The second-order valence-corrected chi connectivity index (χ2v) is 12.1. The first kappa shape index (κ1) is 35.4. The summed E-state index contributed by atoms with van der Waals surface area (Å²) in [6.45, 7) is 8.85. The zero-order chi connectivity index (χ0) is 32.9. The van der Waals surface area contributed by atoms with Crippen LogP contribution in [0.25, 0.3) is 11.6 Å². The van der Waals surface area contributed by atoms with E-state index in [0.717, 1.165) is 24.2 Å². The summed E-state index contributed by atoms with van der Waals surface area (Å²) in [5, 5.41) is 0. The van der Waals surface area contributed by atoms with E-state index in [1.165, 1.54) is 5.57 Å². The molecule has 5 atom stereocenters. The number of benzene rings is 1. The topological polar surface area (TPSA) is 98.2 Å². The van der Waals surface area contributed by atoms with Gasteiger partial charge >= 0.3 is 0 Å². The molecule has 2 aromatic heterocycles. The Kier molecular flexibility index (Phi) is 13.4. The molecule has 0 bridgehead atoms. The molecular weight excluding hydrogens is 584 g/mol. The first-order valence-corrected chi connectivity index (χ1v) is 16.1. The maximum absolute atomic E-state index is 6.38. The van der Waals surface area contributed by atoms with Crippen LogP contribution in [0.15, 0.2) is 81.6 Å². The average Bonchev–Trinajstić information content (AvgIpc) is 3.73. The zero-order valence-electron chi connectivity index (χ0n) is 28.4. The van der Waals surface area contributed by atoms with E-state index in [4.69, 9.17) is 37.5 Å². The van der Waals surface area contributed by atoms with Gasteiger partial charge in [-0.3, -0.25) is 0 Å². The van der Waals surface area contributed by atoms with Crippen LogP contribution >= 0.6 is 0 Å². The van der Waals surface area contributed by atoms with Crippen LogP contribution in [0.4, 0.5) is 0 Å². The predicted molar refractivity (Wildman–Crippen MR) is 177 cm³/mol. The summed E-state index contributed by atoms with van der Waals surface area (Å²) in [6.07, 6.45) is 17.9. The number of oxazole rings is 2. The maximum Gasteiger partial charge on any atom is 0.248 e. The molecule has 3 heterocycles. The highest BCUT2D eigenvalue weighted by atomic mass is 16.7. The average molecular weight is 635 g/mol. The number of hydrogen-bond donors (Lipinski definition) is 0. The fourth-order valence-corrected chi connectivity index (χ4v) is 5.70. The molecule has 0 amide bonds. The van der Waals surface area contributed by atoms with Crippen molar-refractivity contribution in [1.29, 1.82) is 0 Å². The van der Waals surface area contributed by atoms with E-state index in [0.29, 0.717) is 61.4 Å². The number of ether oxygens (including phenoxy) is 5. The Morgan fingerprint density at radius 1 is 1.09 bits per heavy atom. The third-order valence-electron chi connectivity index (χ3n) is 8.18. The normalized spacial score (nSPS) is 22.1. The van der Waals surface area contributed by atoms with Crippen LogP contribution in [0.2, 0.25) is 0 Å². The van der Waals surface area contributed by atoms with Crippen LogP contribution in [-0.4, -0.2) is 49.3 Å². The molecule has 0 saturated carbocycles. The number of rotatable bonds is 17. The number of methoxy groups -OCH3 is 3. The molecule has 250 valence electrons. The number of hydrogen-bond acceptors (Lipinski definition) is 9. The second-order valence-electron chi connectivity index (χ2n) is 12.1. The smallest absolute Gasteiger partial charge is 0.248 e. The van der Waals surface area contributed by atoms with Crippen molar-refractivity contribution in [2.45, 2.75) is 96.9 Å². The highest BCUT2D eigenvalue weighted by Gasteiger charge is 2.40. The standard InChI is InChI=1S/C37H50N2O7/c1-8-12-26(2)19-27(3)13-10-9-11-14-35-38-33(25-44-35)36-39-32(24-45-36)34(41-6)21-30-20-31(22-37(4,42-7)46-30)43-23-28-15-17-29(40-5)18-16-28/h8-10,12,15-19,24-26,30-31,34H,11,13-14,20-23H2,1-7H3/b10-9+,12-8+,27-19-/t26-,30+,31+,34+,37+/m0/s1. The van der Waals surface area contributed by atoms with Gasteiger partial charge in [-0.1, -0.05) is 55.0 Å². The minimum absolute atomic E-state index is 0.0491. The van der Waals surface area contributed by atoms with Gasteiger partial charge in [-0.2, -0.15) is 0 Å². The van der Waals surface area contributed by atoms with E-state index in [-0.39, 0.29) is 18.3 Å². The van der Waals surface area contributed by atoms with Crippen LogP contribution < -0.4 is 4.74 Å². The molecule has 1 fully saturated rings. The van der Waals surface area contributed by atoms with Crippen LogP contribution in [0, 0.1) is 5.92 Å².